The van der Waals surface area contributed by atoms with E-state index < -0.39 is 11.7 Å². The molecule has 24 heavy (non-hydrogen) atoms. The molecule has 0 aliphatic heterocycles. The van der Waals surface area contributed by atoms with E-state index in [1.165, 1.54) is 41.5 Å². The quantitative estimate of drug-likeness (QED) is 0.745. The highest BCUT2D eigenvalue weighted by atomic mass is 19.1. The van der Waals surface area contributed by atoms with Crippen LogP contribution in [0, 0.1) is 5.82 Å². The highest BCUT2D eigenvalue weighted by Crippen LogP contribution is 2.09. The minimum absolute atomic E-state index is 0.160. The summed E-state index contributed by atoms with van der Waals surface area (Å²) in [5.74, 6) is -0.925. The van der Waals surface area contributed by atoms with E-state index in [4.69, 9.17) is 4.74 Å². The first-order chi connectivity index (χ1) is 11.6. The second-order valence-corrected chi connectivity index (χ2v) is 5.01. The van der Waals surface area contributed by atoms with Crippen LogP contribution in [0.2, 0.25) is 0 Å². The second kappa shape index (κ2) is 8.78. The molecule has 0 fully saturated rings. The Labute approximate surface area is 138 Å². The number of aromatic nitrogens is 1. The van der Waals surface area contributed by atoms with Crippen molar-refractivity contribution in [2.45, 2.75) is 6.42 Å². The van der Waals surface area contributed by atoms with Crippen LogP contribution >= 0.6 is 0 Å². The summed E-state index contributed by atoms with van der Waals surface area (Å²) in [7, 11) is 1.56. The number of amides is 2. The van der Waals surface area contributed by atoms with Gasteiger partial charge in [-0.15, -0.1) is 0 Å². The molecule has 0 saturated heterocycles. The third-order valence-electron chi connectivity index (χ3n) is 3.19. The summed E-state index contributed by atoms with van der Waals surface area (Å²) in [6, 6.07) is 6.67. The topological polar surface area (TPSA) is 84.7 Å². The molecule has 0 aliphatic rings. The van der Waals surface area contributed by atoms with Gasteiger partial charge in [0.15, 0.2) is 5.82 Å². The Morgan fingerprint density at radius 1 is 1.29 bits per heavy atom. The number of carbonyl (C=O) groups is 2. The maximum Gasteiger partial charge on any atom is 0.254 e. The lowest BCUT2D eigenvalue weighted by atomic mass is 10.2. The number of nitrogens with zero attached hydrogens (tertiary/aromatic N) is 2. The molecule has 2 rings (SSSR count). The van der Waals surface area contributed by atoms with Gasteiger partial charge < -0.3 is 19.5 Å². The van der Waals surface area contributed by atoms with Crippen LogP contribution in [0.3, 0.4) is 0 Å². The Hall–Kier alpha value is -2.74. The molecule has 0 saturated carbocycles. The number of halogens is 1. The molecule has 128 valence electrons. The van der Waals surface area contributed by atoms with E-state index in [1.807, 2.05) is 0 Å². The van der Waals surface area contributed by atoms with E-state index in [-0.39, 0.29) is 18.3 Å². The van der Waals surface area contributed by atoms with Crippen molar-refractivity contribution >= 4 is 17.6 Å². The molecule has 7 nitrogen and oxygen atoms in total. The molecule has 1 heterocycles. The summed E-state index contributed by atoms with van der Waals surface area (Å²) in [5, 5.41) is 6.11. The minimum Gasteiger partial charge on any atom is -0.385 e. The molecule has 1 N–H and O–H groups in total. The Balaban J connectivity index is 2.03. The third-order valence-corrected chi connectivity index (χ3v) is 3.19. The molecule has 0 atom stereocenters. The average molecular weight is 335 g/mol. The fraction of sp³-hybridized carbons (Fsp3) is 0.312. The van der Waals surface area contributed by atoms with Crippen LogP contribution < -0.4 is 5.32 Å². The zero-order chi connectivity index (χ0) is 17.4. The van der Waals surface area contributed by atoms with Crippen molar-refractivity contribution in [3.05, 3.63) is 48.0 Å². The van der Waals surface area contributed by atoms with Crippen molar-refractivity contribution < 1.29 is 23.2 Å². The number of rotatable bonds is 8. The van der Waals surface area contributed by atoms with Gasteiger partial charge in [0, 0.05) is 31.9 Å². The zero-order valence-corrected chi connectivity index (χ0v) is 13.2. The van der Waals surface area contributed by atoms with Crippen molar-refractivity contribution in [3.8, 4) is 0 Å². The predicted octanol–water partition coefficient (Wildman–Crippen LogP) is 1.93. The summed E-state index contributed by atoms with van der Waals surface area (Å²) in [4.78, 5) is 26.0. The SMILES string of the molecule is COCCCN(CC(=O)Nc1ccon1)C(=O)c1ccc(F)cc1. The Morgan fingerprint density at radius 3 is 2.67 bits per heavy atom. The fourth-order valence-corrected chi connectivity index (χ4v) is 2.06. The highest BCUT2D eigenvalue weighted by molar-refractivity contribution is 5.99. The van der Waals surface area contributed by atoms with Crippen molar-refractivity contribution in [1.82, 2.24) is 10.1 Å². The minimum atomic E-state index is -0.429. The van der Waals surface area contributed by atoms with Gasteiger partial charge in [-0.3, -0.25) is 9.59 Å². The molecule has 1 aromatic heterocycles. The Bertz CT molecular complexity index is 658. The van der Waals surface area contributed by atoms with Gasteiger partial charge in [-0.05, 0) is 30.7 Å². The van der Waals surface area contributed by atoms with E-state index in [9.17, 15) is 14.0 Å². The second-order valence-electron chi connectivity index (χ2n) is 5.01. The summed E-state index contributed by atoms with van der Waals surface area (Å²) >= 11 is 0. The number of hydrogen-bond donors (Lipinski definition) is 1. The third kappa shape index (κ3) is 5.17. The van der Waals surface area contributed by atoms with E-state index in [0.717, 1.165) is 0 Å². The molecule has 0 unspecified atom stereocenters. The molecule has 0 bridgehead atoms. The lowest BCUT2D eigenvalue weighted by Crippen LogP contribution is -2.39. The molecule has 0 spiro atoms. The van der Waals surface area contributed by atoms with Crippen LogP contribution in [0.25, 0.3) is 0 Å². The zero-order valence-electron chi connectivity index (χ0n) is 13.2. The van der Waals surface area contributed by atoms with Gasteiger partial charge >= 0.3 is 0 Å². The Kier molecular flexibility index (Phi) is 6.44. The summed E-state index contributed by atoms with van der Waals surface area (Å²) in [6.07, 6.45) is 1.90. The lowest BCUT2D eigenvalue weighted by Gasteiger charge is -2.22. The number of hydrogen-bond acceptors (Lipinski definition) is 5. The molecule has 0 aliphatic carbocycles. The van der Waals surface area contributed by atoms with E-state index in [2.05, 4.69) is 15.0 Å². The van der Waals surface area contributed by atoms with Crippen LogP contribution in [-0.4, -0.2) is 48.7 Å². The number of nitrogens with one attached hydrogen (secondary N) is 1. The van der Waals surface area contributed by atoms with Gasteiger partial charge in [0.2, 0.25) is 5.91 Å². The lowest BCUT2D eigenvalue weighted by molar-refractivity contribution is -0.117. The van der Waals surface area contributed by atoms with E-state index in [0.29, 0.717) is 25.1 Å². The van der Waals surface area contributed by atoms with Crippen LogP contribution in [0.15, 0.2) is 41.1 Å². The summed E-state index contributed by atoms with van der Waals surface area (Å²) in [6.45, 7) is 0.626. The molecular formula is C16H18FN3O4. The number of carbonyl (C=O) groups excluding carboxylic acids is 2. The number of anilines is 1. The van der Waals surface area contributed by atoms with Gasteiger partial charge in [-0.25, -0.2) is 4.39 Å². The molecule has 0 radical (unpaired) electrons. The maximum atomic E-state index is 13.0. The van der Waals surface area contributed by atoms with E-state index in [1.54, 1.807) is 7.11 Å². The Morgan fingerprint density at radius 2 is 2.04 bits per heavy atom. The van der Waals surface area contributed by atoms with Gasteiger partial charge in [-0.2, -0.15) is 0 Å². The van der Waals surface area contributed by atoms with Crippen LogP contribution in [0.4, 0.5) is 10.2 Å². The van der Waals surface area contributed by atoms with Crippen LogP contribution in [0.1, 0.15) is 16.8 Å². The average Bonchev–Trinajstić information content (AvgIpc) is 3.07. The molecule has 2 aromatic rings. The van der Waals surface area contributed by atoms with Gasteiger partial charge in [0.25, 0.3) is 5.91 Å². The molecule has 2 amide bonds. The smallest absolute Gasteiger partial charge is 0.254 e. The largest absolute Gasteiger partial charge is 0.385 e. The monoisotopic (exact) mass is 335 g/mol. The fourth-order valence-electron chi connectivity index (χ4n) is 2.06. The summed E-state index contributed by atoms with van der Waals surface area (Å²) < 4.78 is 22.6. The molecular weight excluding hydrogens is 317 g/mol. The van der Waals surface area contributed by atoms with E-state index >= 15 is 0 Å². The van der Waals surface area contributed by atoms with Gasteiger partial charge in [0.1, 0.15) is 18.6 Å². The van der Waals surface area contributed by atoms with Gasteiger partial charge in [0.05, 0.1) is 0 Å². The molecule has 8 heteroatoms. The first-order valence-electron chi connectivity index (χ1n) is 7.34. The van der Waals surface area contributed by atoms with Crippen LogP contribution in [0.5, 0.6) is 0 Å². The standard InChI is InChI=1S/C16H18FN3O4/c1-23-9-2-8-20(11-15(21)18-14-7-10-24-19-14)16(22)12-3-5-13(17)6-4-12/h3-7,10H,2,8-9,11H2,1H3,(H,18,19,21). The highest BCUT2D eigenvalue weighted by Gasteiger charge is 2.19. The first kappa shape index (κ1) is 17.6. The van der Waals surface area contributed by atoms with Crippen molar-refractivity contribution in [3.63, 3.8) is 0 Å². The van der Waals surface area contributed by atoms with Crippen molar-refractivity contribution in [2.75, 3.05) is 32.1 Å². The van der Waals surface area contributed by atoms with Gasteiger partial charge in [-0.1, -0.05) is 5.16 Å². The summed E-state index contributed by atoms with van der Waals surface area (Å²) in [5.41, 5.74) is 0.308. The van der Waals surface area contributed by atoms with Crippen LogP contribution in [-0.2, 0) is 9.53 Å². The number of benzene rings is 1. The predicted molar refractivity (Wildman–Crippen MR) is 83.9 cm³/mol. The maximum absolute atomic E-state index is 13.0. The van der Waals surface area contributed by atoms with Crippen molar-refractivity contribution in [1.29, 1.82) is 0 Å². The van der Waals surface area contributed by atoms with Crippen molar-refractivity contribution in [2.24, 2.45) is 0 Å². The first-order valence-corrected chi connectivity index (χ1v) is 7.34. The molecule has 1 aromatic carbocycles. The number of methoxy groups -OCH3 is 1. The number of ether oxygens (including phenoxy) is 1. The normalized spacial score (nSPS) is 10.4.